The van der Waals surface area contributed by atoms with Gasteiger partial charge in [-0.05, 0) is 13.3 Å². The number of hydrogen-bond acceptors (Lipinski definition) is 2. The summed E-state index contributed by atoms with van der Waals surface area (Å²) < 4.78 is 2.09. The predicted molar refractivity (Wildman–Crippen MR) is 110 cm³/mol. The zero-order chi connectivity index (χ0) is 17.5. The highest BCUT2D eigenvalue weighted by Crippen LogP contribution is 2.14. The first-order valence-corrected chi connectivity index (χ1v) is 10.4. The van der Waals surface area contributed by atoms with Crippen molar-refractivity contribution < 1.29 is 5.11 Å². The van der Waals surface area contributed by atoms with E-state index in [1.165, 1.54) is 89.9 Å². The molecule has 1 aromatic heterocycles. The molecule has 3 nitrogen and oxygen atoms in total. The molecule has 148 valence electrons. The molecule has 1 rings (SSSR count). The van der Waals surface area contributed by atoms with Crippen molar-refractivity contribution >= 4 is 12.4 Å². The standard InChI is InChI=1S/C21H40N2O.ClH/c1-3-4-5-6-7-8-9-10-11-12-13-14-15-16-18-23-19-17-22-21(23)20(2)24;/h17,19-20,24H,3-16,18H2,1-2H3;1H. The Labute approximate surface area is 162 Å². The summed E-state index contributed by atoms with van der Waals surface area (Å²) in [6.45, 7) is 5.05. The van der Waals surface area contributed by atoms with Gasteiger partial charge in [0.2, 0.25) is 0 Å². The number of imidazole rings is 1. The second kappa shape index (κ2) is 16.9. The van der Waals surface area contributed by atoms with Gasteiger partial charge >= 0.3 is 0 Å². The minimum Gasteiger partial charge on any atom is -0.385 e. The first-order chi connectivity index (χ1) is 11.8. The number of aromatic nitrogens is 2. The molecule has 25 heavy (non-hydrogen) atoms. The molecule has 0 radical (unpaired) electrons. The fourth-order valence-corrected chi connectivity index (χ4v) is 3.35. The van der Waals surface area contributed by atoms with Crippen LogP contribution in [0.3, 0.4) is 0 Å². The molecular formula is C21H41ClN2O. The Morgan fingerprint density at radius 1 is 0.840 bits per heavy atom. The lowest BCUT2D eigenvalue weighted by Crippen LogP contribution is -2.06. The highest BCUT2D eigenvalue weighted by atomic mass is 35.5. The maximum Gasteiger partial charge on any atom is 0.137 e. The van der Waals surface area contributed by atoms with Gasteiger partial charge in [-0.3, -0.25) is 0 Å². The summed E-state index contributed by atoms with van der Waals surface area (Å²) in [4.78, 5) is 4.21. The molecule has 0 aliphatic rings. The summed E-state index contributed by atoms with van der Waals surface area (Å²) >= 11 is 0. The Morgan fingerprint density at radius 3 is 1.72 bits per heavy atom. The number of hydrogen-bond donors (Lipinski definition) is 1. The maximum atomic E-state index is 9.63. The summed E-state index contributed by atoms with van der Waals surface area (Å²) in [6.07, 6.45) is 22.7. The summed E-state index contributed by atoms with van der Waals surface area (Å²) in [5, 5.41) is 9.63. The van der Waals surface area contributed by atoms with E-state index in [0.717, 1.165) is 12.4 Å². The second-order valence-electron chi connectivity index (χ2n) is 7.25. The number of aliphatic hydroxyl groups excluding tert-OH is 1. The van der Waals surface area contributed by atoms with Crippen LogP contribution in [-0.4, -0.2) is 14.7 Å². The van der Waals surface area contributed by atoms with Crippen LogP contribution < -0.4 is 0 Å². The van der Waals surface area contributed by atoms with Crippen LogP contribution in [0.15, 0.2) is 12.4 Å². The van der Waals surface area contributed by atoms with Gasteiger partial charge in [0, 0.05) is 18.9 Å². The average molecular weight is 373 g/mol. The molecule has 0 aliphatic heterocycles. The zero-order valence-corrected chi connectivity index (χ0v) is 17.4. The number of halogens is 1. The second-order valence-corrected chi connectivity index (χ2v) is 7.25. The van der Waals surface area contributed by atoms with E-state index >= 15 is 0 Å². The third-order valence-corrected chi connectivity index (χ3v) is 4.87. The van der Waals surface area contributed by atoms with Crippen molar-refractivity contribution in [1.29, 1.82) is 0 Å². The number of nitrogens with zero attached hydrogens (tertiary/aromatic N) is 2. The molecule has 0 aromatic carbocycles. The minimum absolute atomic E-state index is 0. The van der Waals surface area contributed by atoms with Gasteiger partial charge in [0.1, 0.15) is 11.9 Å². The number of unbranched alkanes of at least 4 members (excludes halogenated alkanes) is 13. The smallest absolute Gasteiger partial charge is 0.137 e. The highest BCUT2D eigenvalue weighted by molar-refractivity contribution is 5.85. The maximum absolute atomic E-state index is 9.63. The van der Waals surface area contributed by atoms with Gasteiger partial charge in [-0.1, -0.05) is 90.4 Å². The molecule has 1 N–H and O–H groups in total. The van der Waals surface area contributed by atoms with Gasteiger partial charge in [-0.25, -0.2) is 4.98 Å². The molecule has 1 heterocycles. The van der Waals surface area contributed by atoms with E-state index in [2.05, 4.69) is 16.5 Å². The monoisotopic (exact) mass is 372 g/mol. The molecular weight excluding hydrogens is 332 g/mol. The lowest BCUT2D eigenvalue weighted by Gasteiger charge is -2.09. The molecule has 0 aliphatic carbocycles. The molecule has 0 amide bonds. The van der Waals surface area contributed by atoms with Gasteiger partial charge in [0.25, 0.3) is 0 Å². The highest BCUT2D eigenvalue weighted by Gasteiger charge is 2.07. The lowest BCUT2D eigenvalue weighted by atomic mass is 10.0. The fraction of sp³-hybridized carbons (Fsp3) is 0.857. The molecule has 1 aromatic rings. The van der Waals surface area contributed by atoms with Crippen LogP contribution in [0.4, 0.5) is 0 Å². The Balaban J connectivity index is 0.00000576. The van der Waals surface area contributed by atoms with Crippen LogP contribution in [0, 0.1) is 0 Å². The Kier molecular flexibility index (Phi) is 16.5. The van der Waals surface area contributed by atoms with Crippen LogP contribution in [-0.2, 0) is 6.54 Å². The van der Waals surface area contributed by atoms with Crippen molar-refractivity contribution in [1.82, 2.24) is 9.55 Å². The quantitative estimate of drug-likeness (QED) is 0.322. The van der Waals surface area contributed by atoms with E-state index in [1.54, 1.807) is 13.1 Å². The lowest BCUT2D eigenvalue weighted by molar-refractivity contribution is 0.183. The SMILES string of the molecule is CCCCCCCCCCCCCCCCn1ccnc1C(C)O.Cl. The summed E-state index contributed by atoms with van der Waals surface area (Å²) in [5.74, 6) is 0.796. The topological polar surface area (TPSA) is 38.0 Å². The van der Waals surface area contributed by atoms with E-state index in [1.807, 2.05) is 6.20 Å². The van der Waals surface area contributed by atoms with Crippen molar-refractivity contribution in [2.24, 2.45) is 0 Å². The van der Waals surface area contributed by atoms with Crippen molar-refractivity contribution in [2.75, 3.05) is 0 Å². The molecule has 0 bridgehead atoms. The largest absolute Gasteiger partial charge is 0.385 e. The van der Waals surface area contributed by atoms with Gasteiger partial charge in [-0.2, -0.15) is 0 Å². The number of aryl methyl sites for hydroxylation is 1. The zero-order valence-electron chi connectivity index (χ0n) is 16.6. The average Bonchev–Trinajstić information content (AvgIpc) is 3.04. The van der Waals surface area contributed by atoms with Gasteiger partial charge in [0.15, 0.2) is 0 Å². The van der Waals surface area contributed by atoms with Crippen molar-refractivity contribution in [3.63, 3.8) is 0 Å². The normalized spacial score (nSPS) is 12.1. The van der Waals surface area contributed by atoms with Crippen LogP contribution in [0.1, 0.15) is 116 Å². The molecule has 4 heteroatoms. The van der Waals surface area contributed by atoms with E-state index in [-0.39, 0.29) is 12.4 Å². The Morgan fingerprint density at radius 2 is 1.28 bits per heavy atom. The summed E-state index contributed by atoms with van der Waals surface area (Å²) in [7, 11) is 0. The minimum atomic E-state index is -0.466. The van der Waals surface area contributed by atoms with Crippen molar-refractivity contribution in [2.45, 2.75) is 116 Å². The fourth-order valence-electron chi connectivity index (χ4n) is 3.35. The first kappa shape index (κ1) is 24.5. The van der Waals surface area contributed by atoms with E-state index in [4.69, 9.17) is 0 Å². The third-order valence-electron chi connectivity index (χ3n) is 4.87. The summed E-state index contributed by atoms with van der Waals surface area (Å²) in [5.41, 5.74) is 0. The number of rotatable bonds is 16. The Bertz CT molecular complexity index is 393. The summed E-state index contributed by atoms with van der Waals surface area (Å²) in [6, 6.07) is 0. The molecule has 0 fully saturated rings. The molecule has 0 saturated carbocycles. The first-order valence-electron chi connectivity index (χ1n) is 10.4. The van der Waals surface area contributed by atoms with Crippen LogP contribution in [0.25, 0.3) is 0 Å². The van der Waals surface area contributed by atoms with Crippen molar-refractivity contribution in [3.05, 3.63) is 18.2 Å². The van der Waals surface area contributed by atoms with Gasteiger partial charge in [-0.15, -0.1) is 12.4 Å². The van der Waals surface area contributed by atoms with Crippen molar-refractivity contribution in [3.8, 4) is 0 Å². The predicted octanol–water partition coefficient (Wildman–Crippen LogP) is 6.84. The van der Waals surface area contributed by atoms with Gasteiger partial charge in [0.05, 0.1) is 0 Å². The van der Waals surface area contributed by atoms with E-state index < -0.39 is 6.10 Å². The Hall–Kier alpha value is -0.540. The third kappa shape index (κ3) is 12.4. The van der Waals surface area contributed by atoms with E-state index in [0.29, 0.717) is 0 Å². The van der Waals surface area contributed by atoms with Crippen LogP contribution >= 0.6 is 12.4 Å². The van der Waals surface area contributed by atoms with Gasteiger partial charge < -0.3 is 9.67 Å². The van der Waals surface area contributed by atoms with Crippen LogP contribution in [0.5, 0.6) is 0 Å². The molecule has 0 spiro atoms. The molecule has 1 unspecified atom stereocenters. The molecule has 0 saturated heterocycles. The van der Waals surface area contributed by atoms with E-state index in [9.17, 15) is 5.11 Å². The molecule has 1 atom stereocenters. The number of aliphatic hydroxyl groups is 1. The van der Waals surface area contributed by atoms with Crippen LogP contribution in [0.2, 0.25) is 0 Å².